The van der Waals surface area contributed by atoms with Gasteiger partial charge in [-0.3, -0.25) is 0 Å². The van der Waals surface area contributed by atoms with E-state index in [1.165, 1.54) is 6.07 Å². The summed E-state index contributed by atoms with van der Waals surface area (Å²) in [6.45, 7) is 7.23. The first-order valence-corrected chi connectivity index (χ1v) is 7.58. The highest BCUT2D eigenvalue weighted by atomic mass is 16.4. The van der Waals surface area contributed by atoms with Crippen molar-refractivity contribution in [1.29, 1.82) is 0 Å². The number of nitrogens with zero attached hydrogens (tertiary/aromatic N) is 3. The fraction of sp³-hybridized carbons (Fsp3) is 0.562. The van der Waals surface area contributed by atoms with Gasteiger partial charge in [-0.2, -0.15) is 0 Å². The van der Waals surface area contributed by atoms with Crippen molar-refractivity contribution in [3.63, 3.8) is 0 Å². The van der Waals surface area contributed by atoms with Gasteiger partial charge in [0.15, 0.2) is 0 Å². The molecule has 1 N–H and O–H groups in total. The molecule has 2 aromatic rings. The maximum Gasteiger partial charge on any atom is 0.371 e. The maximum absolute atomic E-state index is 10.9. The number of furan rings is 1. The second kappa shape index (κ2) is 5.26. The average molecular weight is 303 g/mol. The lowest BCUT2D eigenvalue weighted by atomic mass is 9.73. The van der Waals surface area contributed by atoms with Crippen LogP contribution in [-0.4, -0.2) is 26.1 Å². The molecule has 1 aliphatic rings. The summed E-state index contributed by atoms with van der Waals surface area (Å²) >= 11 is 0. The van der Waals surface area contributed by atoms with E-state index in [4.69, 9.17) is 9.52 Å². The fourth-order valence-corrected chi connectivity index (χ4v) is 3.04. The molecule has 0 aliphatic heterocycles. The van der Waals surface area contributed by atoms with Crippen molar-refractivity contribution in [2.24, 2.45) is 11.3 Å². The standard InChI is InChI=1S/C16H21N3O3/c1-16(2,3)10-4-6-13-12(8-10)17-18-19(13)9-11-5-7-14(22-11)15(20)21/h5,7,10H,4,6,8-9H2,1-3H3,(H,20,21). The summed E-state index contributed by atoms with van der Waals surface area (Å²) in [6.07, 6.45) is 3.04. The van der Waals surface area contributed by atoms with E-state index in [1.807, 2.05) is 4.68 Å². The van der Waals surface area contributed by atoms with Gasteiger partial charge in [0.25, 0.3) is 0 Å². The van der Waals surface area contributed by atoms with Crippen molar-refractivity contribution in [1.82, 2.24) is 15.0 Å². The molecule has 0 amide bonds. The van der Waals surface area contributed by atoms with Crippen LogP contribution in [0.15, 0.2) is 16.5 Å². The number of carboxylic acid groups (broad SMARTS) is 1. The second-order valence-electron chi connectivity index (χ2n) is 7.02. The largest absolute Gasteiger partial charge is 0.475 e. The first-order valence-electron chi connectivity index (χ1n) is 7.58. The predicted octanol–water partition coefficient (Wildman–Crippen LogP) is 2.77. The lowest BCUT2D eigenvalue weighted by Gasteiger charge is -2.33. The quantitative estimate of drug-likeness (QED) is 0.943. The molecular formula is C16H21N3O3. The second-order valence-corrected chi connectivity index (χ2v) is 7.02. The third kappa shape index (κ3) is 2.77. The Kier molecular flexibility index (Phi) is 3.54. The van der Waals surface area contributed by atoms with E-state index in [2.05, 4.69) is 31.1 Å². The predicted molar refractivity (Wildman–Crippen MR) is 79.8 cm³/mol. The Hall–Kier alpha value is -2.11. The normalized spacial score (nSPS) is 18.2. The summed E-state index contributed by atoms with van der Waals surface area (Å²) in [4.78, 5) is 10.9. The molecule has 6 nitrogen and oxygen atoms in total. The van der Waals surface area contributed by atoms with Crippen LogP contribution in [0.3, 0.4) is 0 Å². The number of carbonyl (C=O) groups is 1. The lowest BCUT2D eigenvalue weighted by Crippen LogP contribution is -2.27. The summed E-state index contributed by atoms with van der Waals surface area (Å²) in [5, 5.41) is 17.4. The SMILES string of the molecule is CC(C)(C)C1CCc2c(nnn2Cc2ccc(C(=O)O)o2)C1. The van der Waals surface area contributed by atoms with Crippen LogP contribution in [0.4, 0.5) is 0 Å². The van der Waals surface area contributed by atoms with Crippen LogP contribution in [0.25, 0.3) is 0 Å². The fourth-order valence-electron chi connectivity index (χ4n) is 3.04. The number of aromatic carboxylic acids is 1. The van der Waals surface area contributed by atoms with E-state index in [0.717, 1.165) is 30.7 Å². The third-order valence-corrected chi connectivity index (χ3v) is 4.49. The molecule has 1 unspecified atom stereocenters. The lowest BCUT2D eigenvalue weighted by molar-refractivity contribution is 0.0660. The molecule has 0 fully saturated rings. The van der Waals surface area contributed by atoms with Gasteiger partial charge in [-0.25, -0.2) is 9.48 Å². The Morgan fingerprint density at radius 1 is 1.45 bits per heavy atom. The number of hydrogen-bond acceptors (Lipinski definition) is 4. The van der Waals surface area contributed by atoms with Gasteiger partial charge in [-0.05, 0) is 42.7 Å². The maximum atomic E-state index is 10.9. The molecule has 6 heteroatoms. The number of carboxylic acids is 1. The first kappa shape index (κ1) is 14.8. The van der Waals surface area contributed by atoms with E-state index >= 15 is 0 Å². The highest BCUT2D eigenvalue weighted by Gasteiger charge is 2.31. The highest BCUT2D eigenvalue weighted by Crippen LogP contribution is 2.36. The molecule has 2 heterocycles. The number of fused-ring (bicyclic) bond motifs is 1. The molecule has 1 aliphatic carbocycles. The zero-order chi connectivity index (χ0) is 15.9. The van der Waals surface area contributed by atoms with Crippen molar-refractivity contribution in [3.8, 4) is 0 Å². The van der Waals surface area contributed by atoms with Crippen LogP contribution in [0.2, 0.25) is 0 Å². The topological polar surface area (TPSA) is 81.2 Å². The molecule has 0 radical (unpaired) electrons. The molecule has 118 valence electrons. The van der Waals surface area contributed by atoms with E-state index in [9.17, 15) is 4.79 Å². The molecule has 3 rings (SSSR count). The summed E-state index contributed by atoms with van der Waals surface area (Å²) in [5.41, 5.74) is 2.49. The van der Waals surface area contributed by atoms with Crippen LogP contribution < -0.4 is 0 Å². The van der Waals surface area contributed by atoms with Crippen LogP contribution >= 0.6 is 0 Å². The van der Waals surface area contributed by atoms with Crippen LogP contribution in [-0.2, 0) is 19.4 Å². The number of rotatable bonds is 3. The monoisotopic (exact) mass is 303 g/mol. The molecule has 1 atom stereocenters. The first-order chi connectivity index (χ1) is 10.3. The number of hydrogen-bond donors (Lipinski definition) is 1. The minimum atomic E-state index is -1.06. The summed E-state index contributed by atoms with van der Waals surface area (Å²) in [6, 6.07) is 3.15. The minimum Gasteiger partial charge on any atom is -0.475 e. The van der Waals surface area contributed by atoms with Gasteiger partial charge in [0.2, 0.25) is 5.76 Å². The Balaban J connectivity index is 1.77. The van der Waals surface area contributed by atoms with Crippen molar-refractivity contribution in [2.75, 3.05) is 0 Å². The third-order valence-electron chi connectivity index (χ3n) is 4.49. The van der Waals surface area contributed by atoms with Gasteiger partial charge >= 0.3 is 5.97 Å². The Morgan fingerprint density at radius 3 is 2.86 bits per heavy atom. The van der Waals surface area contributed by atoms with E-state index in [-0.39, 0.29) is 11.2 Å². The molecule has 0 aromatic carbocycles. The van der Waals surface area contributed by atoms with Crippen LogP contribution in [0, 0.1) is 11.3 Å². The molecule has 0 saturated carbocycles. The average Bonchev–Trinajstić information content (AvgIpc) is 3.05. The van der Waals surface area contributed by atoms with Crippen molar-refractivity contribution in [2.45, 2.75) is 46.6 Å². The molecule has 2 aromatic heterocycles. The van der Waals surface area contributed by atoms with Crippen LogP contribution in [0.1, 0.15) is 54.9 Å². The van der Waals surface area contributed by atoms with Crippen molar-refractivity contribution < 1.29 is 14.3 Å². The van der Waals surface area contributed by atoms with E-state index in [1.54, 1.807) is 6.07 Å². The Bertz CT molecular complexity index is 694. The zero-order valence-electron chi connectivity index (χ0n) is 13.2. The van der Waals surface area contributed by atoms with Gasteiger partial charge < -0.3 is 9.52 Å². The van der Waals surface area contributed by atoms with E-state index in [0.29, 0.717) is 18.2 Å². The Morgan fingerprint density at radius 2 is 2.23 bits per heavy atom. The van der Waals surface area contributed by atoms with E-state index < -0.39 is 5.97 Å². The van der Waals surface area contributed by atoms with Gasteiger partial charge in [-0.1, -0.05) is 26.0 Å². The smallest absolute Gasteiger partial charge is 0.371 e. The number of aromatic nitrogens is 3. The van der Waals surface area contributed by atoms with Gasteiger partial charge in [0, 0.05) is 0 Å². The molecule has 22 heavy (non-hydrogen) atoms. The van der Waals surface area contributed by atoms with Gasteiger partial charge in [0.05, 0.1) is 11.4 Å². The molecule has 0 bridgehead atoms. The van der Waals surface area contributed by atoms with Crippen LogP contribution in [0.5, 0.6) is 0 Å². The summed E-state index contributed by atoms with van der Waals surface area (Å²) in [7, 11) is 0. The summed E-state index contributed by atoms with van der Waals surface area (Å²) < 4.78 is 7.13. The zero-order valence-corrected chi connectivity index (χ0v) is 13.2. The molecular weight excluding hydrogens is 282 g/mol. The van der Waals surface area contributed by atoms with Gasteiger partial charge in [-0.15, -0.1) is 5.10 Å². The Labute approximate surface area is 129 Å². The highest BCUT2D eigenvalue weighted by molar-refractivity contribution is 5.84. The molecule has 0 saturated heterocycles. The van der Waals surface area contributed by atoms with Crippen molar-refractivity contribution in [3.05, 3.63) is 35.0 Å². The van der Waals surface area contributed by atoms with Gasteiger partial charge in [0.1, 0.15) is 12.3 Å². The summed E-state index contributed by atoms with van der Waals surface area (Å²) in [5.74, 6) is 0.104. The minimum absolute atomic E-state index is 0.0446. The van der Waals surface area contributed by atoms with Crippen molar-refractivity contribution >= 4 is 5.97 Å². The molecule has 0 spiro atoms.